The maximum absolute atomic E-state index is 11.9. The van der Waals surface area contributed by atoms with Crippen molar-refractivity contribution in [2.24, 2.45) is 0 Å². The third-order valence-corrected chi connectivity index (χ3v) is 5.63. The molecule has 0 aliphatic carbocycles. The van der Waals surface area contributed by atoms with Gasteiger partial charge in [0.2, 0.25) is 5.88 Å². The number of hydrogen-bond acceptors (Lipinski definition) is 8. The standard InChI is InChI=1S/C14H16N4O2.C8H10N2O2/c1-9-5-10(6-15-14(9)20-2)18-4-3-12-11(7-18)13(19)17-8-16-12;11-8(7-3-6-12-9-7)10-4-1-2-5-10/h5-6,8H,3-4,7H2,1-2H3,(H,16,17,19);3,6H,1-2,4-5H2. The van der Waals surface area contributed by atoms with Gasteiger partial charge >= 0.3 is 0 Å². The minimum Gasteiger partial charge on any atom is -0.481 e. The molecule has 3 aromatic rings. The predicted molar refractivity (Wildman–Crippen MR) is 117 cm³/mol. The highest BCUT2D eigenvalue weighted by molar-refractivity contribution is 5.92. The number of aromatic nitrogens is 4. The van der Waals surface area contributed by atoms with Crippen LogP contribution in [0.5, 0.6) is 5.88 Å². The number of amides is 1. The fourth-order valence-electron chi connectivity index (χ4n) is 3.91. The van der Waals surface area contributed by atoms with Crippen LogP contribution in [0.4, 0.5) is 5.69 Å². The monoisotopic (exact) mass is 438 g/mol. The van der Waals surface area contributed by atoms with Gasteiger partial charge in [0.1, 0.15) is 6.26 Å². The molecule has 0 unspecified atom stereocenters. The van der Waals surface area contributed by atoms with E-state index in [-0.39, 0.29) is 11.5 Å². The maximum atomic E-state index is 11.9. The van der Waals surface area contributed by atoms with Crippen molar-refractivity contribution in [2.75, 3.05) is 31.6 Å². The van der Waals surface area contributed by atoms with E-state index in [1.807, 2.05) is 13.0 Å². The summed E-state index contributed by atoms with van der Waals surface area (Å²) in [5.74, 6) is 0.618. The molecule has 1 amide bonds. The quantitative estimate of drug-likeness (QED) is 0.659. The van der Waals surface area contributed by atoms with Crippen LogP contribution >= 0.6 is 0 Å². The molecule has 5 heterocycles. The zero-order valence-corrected chi connectivity index (χ0v) is 18.2. The zero-order chi connectivity index (χ0) is 22.5. The van der Waals surface area contributed by atoms with Crippen LogP contribution in [-0.4, -0.2) is 57.7 Å². The molecule has 0 radical (unpaired) electrons. The van der Waals surface area contributed by atoms with Gasteiger partial charge in [-0.05, 0) is 25.8 Å². The number of pyridine rings is 1. The van der Waals surface area contributed by atoms with Crippen molar-refractivity contribution < 1.29 is 14.1 Å². The van der Waals surface area contributed by atoms with Crippen LogP contribution in [-0.2, 0) is 13.0 Å². The Labute approximate surface area is 185 Å². The summed E-state index contributed by atoms with van der Waals surface area (Å²) in [7, 11) is 1.61. The number of carbonyl (C=O) groups excluding carboxylic acids is 1. The average Bonchev–Trinajstić information content (AvgIpc) is 3.54. The number of ether oxygens (including phenoxy) is 1. The average molecular weight is 438 g/mol. The van der Waals surface area contributed by atoms with Gasteiger partial charge in [-0.1, -0.05) is 5.16 Å². The second-order valence-electron chi connectivity index (χ2n) is 7.73. The Morgan fingerprint density at radius 3 is 2.72 bits per heavy atom. The minimum absolute atomic E-state index is 0.0127. The molecule has 168 valence electrons. The summed E-state index contributed by atoms with van der Waals surface area (Å²) in [6, 6.07) is 3.63. The molecule has 2 aliphatic rings. The number of carbonyl (C=O) groups is 1. The first-order valence-electron chi connectivity index (χ1n) is 10.6. The summed E-state index contributed by atoms with van der Waals surface area (Å²) in [5, 5.41) is 3.59. The molecule has 3 aromatic heterocycles. The number of aryl methyl sites for hydroxylation is 1. The molecule has 0 atom stereocenters. The number of fused-ring (bicyclic) bond motifs is 1. The summed E-state index contributed by atoms with van der Waals surface area (Å²) in [5.41, 5.74) is 3.97. The normalized spacial score (nSPS) is 15.1. The van der Waals surface area contributed by atoms with E-state index >= 15 is 0 Å². The van der Waals surface area contributed by atoms with Crippen LogP contribution < -0.4 is 15.2 Å². The lowest BCUT2D eigenvalue weighted by atomic mass is 10.1. The molecule has 0 spiro atoms. The van der Waals surface area contributed by atoms with E-state index in [0.29, 0.717) is 18.1 Å². The van der Waals surface area contributed by atoms with Gasteiger partial charge in [-0.3, -0.25) is 9.59 Å². The van der Waals surface area contributed by atoms with Crippen molar-refractivity contribution in [3.8, 4) is 5.88 Å². The summed E-state index contributed by atoms with van der Waals surface area (Å²) in [6.45, 7) is 5.06. The summed E-state index contributed by atoms with van der Waals surface area (Å²) in [4.78, 5) is 38.5. The topological polar surface area (TPSA) is 117 Å². The van der Waals surface area contributed by atoms with Gasteiger partial charge < -0.3 is 24.0 Å². The van der Waals surface area contributed by atoms with Crippen LogP contribution in [0.25, 0.3) is 0 Å². The zero-order valence-electron chi connectivity index (χ0n) is 18.2. The number of nitrogens with zero attached hydrogens (tertiary/aromatic N) is 5. The molecule has 1 fully saturated rings. The number of rotatable bonds is 3. The van der Waals surface area contributed by atoms with E-state index in [0.717, 1.165) is 61.4 Å². The van der Waals surface area contributed by atoms with Crippen LogP contribution in [0.1, 0.15) is 40.2 Å². The fourth-order valence-corrected chi connectivity index (χ4v) is 3.91. The van der Waals surface area contributed by atoms with Crippen molar-refractivity contribution in [3.63, 3.8) is 0 Å². The Morgan fingerprint density at radius 1 is 1.22 bits per heavy atom. The van der Waals surface area contributed by atoms with Crippen LogP contribution in [0, 0.1) is 6.92 Å². The second kappa shape index (κ2) is 9.63. The number of anilines is 1. The Balaban J connectivity index is 0.000000174. The number of nitrogens with one attached hydrogen (secondary N) is 1. The van der Waals surface area contributed by atoms with Gasteiger partial charge in [-0.25, -0.2) is 9.97 Å². The minimum atomic E-state index is -0.0575. The van der Waals surface area contributed by atoms with E-state index in [2.05, 4.69) is 29.5 Å². The van der Waals surface area contributed by atoms with Crippen molar-refractivity contribution in [3.05, 3.63) is 63.8 Å². The first kappa shape index (κ1) is 21.5. The van der Waals surface area contributed by atoms with Crippen molar-refractivity contribution in [1.29, 1.82) is 0 Å². The second-order valence-corrected chi connectivity index (χ2v) is 7.73. The van der Waals surface area contributed by atoms with E-state index in [1.54, 1.807) is 24.3 Å². The molecule has 2 aliphatic heterocycles. The molecule has 10 heteroatoms. The number of hydrogen-bond donors (Lipinski definition) is 1. The van der Waals surface area contributed by atoms with Gasteiger partial charge in [-0.2, -0.15) is 0 Å². The largest absolute Gasteiger partial charge is 0.481 e. The molecule has 32 heavy (non-hydrogen) atoms. The van der Waals surface area contributed by atoms with Crippen molar-refractivity contribution in [2.45, 2.75) is 32.7 Å². The van der Waals surface area contributed by atoms with E-state index in [4.69, 9.17) is 4.74 Å². The lowest BCUT2D eigenvalue weighted by Gasteiger charge is -2.29. The van der Waals surface area contributed by atoms with Gasteiger partial charge in [-0.15, -0.1) is 0 Å². The molecule has 0 aromatic carbocycles. The Kier molecular flexibility index (Phi) is 6.48. The molecule has 10 nitrogen and oxygen atoms in total. The third kappa shape index (κ3) is 4.63. The summed E-state index contributed by atoms with van der Waals surface area (Å²) >= 11 is 0. The number of aromatic amines is 1. The third-order valence-electron chi connectivity index (χ3n) is 5.63. The maximum Gasteiger partial charge on any atom is 0.276 e. The van der Waals surface area contributed by atoms with Gasteiger partial charge in [0, 0.05) is 37.7 Å². The molecule has 1 saturated heterocycles. The lowest BCUT2D eigenvalue weighted by Crippen LogP contribution is -2.35. The highest BCUT2D eigenvalue weighted by Gasteiger charge is 2.22. The molecular weight excluding hydrogens is 412 g/mol. The molecular formula is C22H26N6O4. The van der Waals surface area contributed by atoms with Crippen LogP contribution in [0.3, 0.4) is 0 Å². The highest BCUT2D eigenvalue weighted by Crippen LogP contribution is 2.25. The molecule has 1 N–H and O–H groups in total. The summed E-state index contributed by atoms with van der Waals surface area (Å²) in [6.07, 6.45) is 7.64. The van der Waals surface area contributed by atoms with E-state index in [1.165, 1.54) is 12.6 Å². The first-order chi connectivity index (χ1) is 15.6. The van der Waals surface area contributed by atoms with Gasteiger partial charge in [0.15, 0.2) is 5.69 Å². The summed E-state index contributed by atoms with van der Waals surface area (Å²) < 4.78 is 9.77. The Hall–Kier alpha value is -3.69. The molecule has 0 bridgehead atoms. The fraction of sp³-hybridized carbons (Fsp3) is 0.409. The van der Waals surface area contributed by atoms with E-state index < -0.39 is 0 Å². The number of likely N-dealkylation sites (tertiary alicyclic amines) is 1. The first-order valence-corrected chi connectivity index (χ1v) is 10.6. The molecule has 0 saturated carbocycles. The Morgan fingerprint density at radius 2 is 2.03 bits per heavy atom. The highest BCUT2D eigenvalue weighted by atomic mass is 16.5. The van der Waals surface area contributed by atoms with Gasteiger partial charge in [0.25, 0.3) is 11.5 Å². The predicted octanol–water partition coefficient (Wildman–Crippen LogP) is 1.96. The Bertz CT molecular complexity index is 1120. The smallest absolute Gasteiger partial charge is 0.276 e. The lowest BCUT2D eigenvalue weighted by molar-refractivity contribution is 0.0782. The van der Waals surface area contributed by atoms with Crippen molar-refractivity contribution in [1.82, 2.24) is 25.0 Å². The number of methoxy groups -OCH3 is 1. The van der Waals surface area contributed by atoms with Crippen LogP contribution in [0.2, 0.25) is 0 Å². The molecule has 5 rings (SSSR count). The number of H-pyrrole nitrogens is 1. The van der Waals surface area contributed by atoms with Crippen molar-refractivity contribution >= 4 is 11.6 Å². The van der Waals surface area contributed by atoms with Crippen LogP contribution in [0.15, 0.2) is 40.2 Å². The van der Waals surface area contributed by atoms with E-state index in [9.17, 15) is 9.59 Å². The van der Waals surface area contributed by atoms with Gasteiger partial charge in [0.05, 0.1) is 43.1 Å². The SMILES string of the molecule is COc1ncc(N2CCc3nc[nH]c(=O)c3C2)cc1C.O=C(c1ccon1)N1CCCC1.